The molecule has 9 heavy (non-hydrogen) atoms. The summed E-state index contributed by atoms with van der Waals surface area (Å²) in [5, 5.41) is 0.0938. The first-order valence-electron chi connectivity index (χ1n) is 2.40. The van der Waals surface area contributed by atoms with Crippen LogP contribution in [-0.4, -0.2) is 35.4 Å². The minimum Gasteiger partial charge on any atom is -0.132 e. The van der Waals surface area contributed by atoms with Gasteiger partial charge in [-0.2, -0.15) is 0 Å². The molecule has 0 aliphatic carbocycles. The zero-order valence-corrected chi connectivity index (χ0v) is 4.60. The van der Waals surface area contributed by atoms with Crippen LogP contribution in [0, 0.1) is 0 Å². The summed E-state index contributed by atoms with van der Waals surface area (Å²) in [6.45, 7) is -1.46. The lowest BCUT2D eigenvalue weighted by molar-refractivity contribution is -0.238. The van der Waals surface area contributed by atoms with Crippen LogP contribution >= 0.6 is 0 Å². The van der Waals surface area contributed by atoms with Gasteiger partial charge in [0, 0.05) is 0 Å². The molecule has 1 aliphatic heterocycles. The number of nitrogens with zero attached hydrogens (tertiary/aromatic N) is 3. The monoisotopic (exact) mass is 141 g/mol. The molecule has 1 saturated heterocycles. The first kappa shape index (κ1) is 6.79. The predicted octanol–water partition coefficient (Wildman–Crippen LogP) is 0.432. The third kappa shape index (κ3) is 1.81. The van der Waals surface area contributed by atoms with Gasteiger partial charge in [0.25, 0.3) is 0 Å². The summed E-state index contributed by atoms with van der Waals surface area (Å²) in [5.74, 6) is 0. The average molecular weight is 141 g/mol. The molecule has 1 fully saturated rings. The summed E-state index contributed by atoms with van der Waals surface area (Å²) < 4.78 is 35.9. The molecule has 0 bridgehead atoms. The Balaban J connectivity index is 2.34. The van der Waals surface area contributed by atoms with Gasteiger partial charge in [-0.05, 0) is 0 Å². The molecule has 0 aromatic rings. The molecule has 1 rings (SSSR count). The molecule has 1 aliphatic rings. The van der Waals surface area contributed by atoms with Crippen molar-refractivity contribution in [3.8, 4) is 0 Å². The van der Waals surface area contributed by atoms with Crippen molar-refractivity contribution >= 4 is 0 Å². The highest BCUT2D eigenvalue weighted by atomic mass is 19.2. The Hall–Kier alpha value is -0.330. The first-order chi connectivity index (χ1) is 4.18. The molecule has 0 N–H and O–H groups in total. The molecule has 0 aromatic carbocycles. The van der Waals surface area contributed by atoms with Crippen LogP contribution in [0.1, 0.15) is 0 Å². The Bertz CT molecular complexity index is 75.3. The van der Waals surface area contributed by atoms with Crippen molar-refractivity contribution in [3.05, 3.63) is 0 Å². The van der Waals surface area contributed by atoms with E-state index in [1.165, 1.54) is 0 Å². The topological polar surface area (TPSA) is 9.72 Å². The predicted molar refractivity (Wildman–Crippen MR) is 23.4 cm³/mol. The zero-order valence-electron chi connectivity index (χ0n) is 4.60. The molecule has 0 spiro atoms. The number of rotatable bonds is 0. The van der Waals surface area contributed by atoms with E-state index in [0.29, 0.717) is 0 Å². The van der Waals surface area contributed by atoms with Crippen molar-refractivity contribution in [3.63, 3.8) is 0 Å². The number of hydrogen-bond acceptors (Lipinski definition) is 3. The molecule has 1 heterocycles. The maximum absolute atomic E-state index is 12.0. The Labute approximate surface area is 50.0 Å². The molecular weight excluding hydrogens is 135 g/mol. The minimum atomic E-state index is -0.486. The summed E-state index contributed by atoms with van der Waals surface area (Å²) in [6.07, 6.45) is 0. The van der Waals surface area contributed by atoms with Gasteiger partial charge in [0.1, 0.15) is 20.0 Å². The van der Waals surface area contributed by atoms with Crippen LogP contribution in [0.5, 0.6) is 0 Å². The minimum absolute atomic E-state index is 0.0312. The largest absolute Gasteiger partial charge is 0.132 e. The van der Waals surface area contributed by atoms with Crippen LogP contribution in [-0.2, 0) is 0 Å². The van der Waals surface area contributed by atoms with Gasteiger partial charge in [0.2, 0.25) is 0 Å². The maximum atomic E-state index is 12.0. The van der Waals surface area contributed by atoms with Crippen molar-refractivity contribution in [2.75, 3.05) is 20.0 Å². The molecule has 0 radical (unpaired) electrons. The van der Waals surface area contributed by atoms with Crippen LogP contribution in [0.4, 0.5) is 13.4 Å². The summed E-state index contributed by atoms with van der Waals surface area (Å²) >= 11 is 0. The highest BCUT2D eigenvalue weighted by Crippen LogP contribution is 2.06. The molecule has 0 amide bonds. The van der Waals surface area contributed by atoms with Gasteiger partial charge in [-0.15, -0.1) is 28.8 Å². The summed E-state index contributed by atoms with van der Waals surface area (Å²) in [5.41, 5.74) is 0. The first-order valence-corrected chi connectivity index (χ1v) is 2.40. The fraction of sp³-hybridized carbons (Fsp3) is 1.00. The van der Waals surface area contributed by atoms with E-state index in [9.17, 15) is 13.4 Å². The van der Waals surface area contributed by atoms with E-state index in [1.807, 2.05) is 0 Å². The van der Waals surface area contributed by atoms with Crippen molar-refractivity contribution in [1.82, 2.24) is 15.4 Å². The second-order valence-corrected chi connectivity index (χ2v) is 1.81. The summed E-state index contributed by atoms with van der Waals surface area (Å²) in [4.78, 5) is 0. The Kier molecular flexibility index (Phi) is 1.89. The molecule has 0 saturated carbocycles. The van der Waals surface area contributed by atoms with Gasteiger partial charge in [-0.3, -0.25) is 0 Å². The molecular formula is C3H6F3N3. The van der Waals surface area contributed by atoms with Crippen LogP contribution in [0.2, 0.25) is 0 Å². The summed E-state index contributed by atoms with van der Waals surface area (Å²) in [6, 6.07) is 0. The van der Waals surface area contributed by atoms with Crippen LogP contribution in [0.15, 0.2) is 0 Å². The molecule has 0 atom stereocenters. The van der Waals surface area contributed by atoms with Crippen molar-refractivity contribution in [1.29, 1.82) is 0 Å². The van der Waals surface area contributed by atoms with Gasteiger partial charge in [-0.25, -0.2) is 0 Å². The maximum Gasteiger partial charge on any atom is 0.113 e. The number of hydrogen-bond donors (Lipinski definition) is 0. The summed E-state index contributed by atoms with van der Waals surface area (Å²) in [7, 11) is 0. The molecule has 0 aromatic heterocycles. The number of halogens is 3. The Morgan fingerprint density at radius 1 is 0.667 bits per heavy atom. The quantitative estimate of drug-likeness (QED) is 0.453. The van der Waals surface area contributed by atoms with E-state index < -0.39 is 20.0 Å². The van der Waals surface area contributed by atoms with Gasteiger partial charge in [-0.1, -0.05) is 0 Å². The highest BCUT2D eigenvalue weighted by Gasteiger charge is 2.22. The van der Waals surface area contributed by atoms with E-state index >= 15 is 0 Å². The zero-order chi connectivity index (χ0) is 6.85. The lowest BCUT2D eigenvalue weighted by Gasteiger charge is -2.26. The highest BCUT2D eigenvalue weighted by molar-refractivity contribution is 4.47. The van der Waals surface area contributed by atoms with Crippen LogP contribution in [0.25, 0.3) is 0 Å². The van der Waals surface area contributed by atoms with Gasteiger partial charge < -0.3 is 0 Å². The van der Waals surface area contributed by atoms with Gasteiger partial charge in [0.05, 0.1) is 0 Å². The SMILES string of the molecule is FN1CN(F)CN(F)C1. The van der Waals surface area contributed by atoms with Gasteiger partial charge >= 0.3 is 0 Å². The second-order valence-electron chi connectivity index (χ2n) is 1.81. The molecule has 3 nitrogen and oxygen atoms in total. The van der Waals surface area contributed by atoms with E-state index in [1.54, 1.807) is 0 Å². The van der Waals surface area contributed by atoms with Gasteiger partial charge in [0.15, 0.2) is 0 Å². The lowest BCUT2D eigenvalue weighted by atomic mass is 10.7. The van der Waals surface area contributed by atoms with Crippen molar-refractivity contribution in [2.45, 2.75) is 0 Å². The fourth-order valence-electron chi connectivity index (χ4n) is 0.634. The van der Waals surface area contributed by atoms with Crippen molar-refractivity contribution in [2.24, 2.45) is 0 Å². The standard InChI is InChI=1S/C3H6F3N3/c4-7-1-8(5)3-9(6)2-7/h1-3H2. The second kappa shape index (κ2) is 2.51. The smallest absolute Gasteiger partial charge is 0.113 e. The Morgan fingerprint density at radius 3 is 1.11 bits per heavy atom. The lowest BCUT2D eigenvalue weighted by Crippen LogP contribution is -2.45. The molecule has 54 valence electrons. The van der Waals surface area contributed by atoms with Crippen LogP contribution in [0.3, 0.4) is 0 Å². The van der Waals surface area contributed by atoms with E-state index in [2.05, 4.69) is 0 Å². The third-order valence-corrected chi connectivity index (χ3v) is 0.921. The van der Waals surface area contributed by atoms with E-state index in [0.717, 1.165) is 0 Å². The third-order valence-electron chi connectivity index (χ3n) is 0.921. The normalized spacial score (nSPS) is 27.0. The van der Waals surface area contributed by atoms with E-state index in [4.69, 9.17) is 0 Å². The fourth-order valence-corrected chi connectivity index (χ4v) is 0.634. The van der Waals surface area contributed by atoms with Crippen molar-refractivity contribution < 1.29 is 13.4 Å². The molecule has 6 heteroatoms. The van der Waals surface area contributed by atoms with Crippen LogP contribution < -0.4 is 0 Å². The van der Waals surface area contributed by atoms with E-state index in [-0.39, 0.29) is 15.4 Å². The average Bonchev–Trinajstić information content (AvgIpc) is 1.59. The molecule has 0 unspecified atom stereocenters. The Morgan fingerprint density at radius 2 is 0.889 bits per heavy atom.